The number of nitrogens with zero attached hydrogens (tertiary/aromatic N) is 3. The van der Waals surface area contributed by atoms with Crippen LogP contribution in [0.1, 0.15) is 35.2 Å². The summed E-state index contributed by atoms with van der Waals surface area (Å²) in [5.41, 5.74) is 1.28. The van der Waals surface area contributed by atoms with Gasteiger partial charge in [0.1, 0.15) is 21.2 Å². The maximum absolute atomic E-state index is 12.7. The third kappa shape index (κ3) is 4.78. The highest BCUT2D eigenvalue weighted by atomic mass is 32.2. The number of hydrogen-bond donors (Lipinski definition) is 0. The molecular formula is C15H25N3O4S. The number of carbonyl (C=O) groups is 1. The Labute approximate surface area is 137 Å². The predicted octanol–water partition coefficient (Wildman–Crippen LogP) is 0.738. The molecule has 0 aromatic carbocycles. The van der Waals surface area contributed by atoms with Gasteiger partial charge in [-0.2, -0.15) is 0 Å². The molecule has 1 fully saturated rings. The molecule has 130 valence electrons. The van der Waals surface area contributed by atoms with Crippen molar-refractivity contribution in [3.8, 4) is 0 Å². The second kappa shape index (κ2) is 7.44. The molecule has 1 saturated heterocycles. The largest absolute Gasteiger partial charge is 0.361 e. The van der Waals surface area contributed by atoms with Crippen molar-refractivity contribution in [1.82, 2.24) is 15.0 Å². The van der Waals surface area contributed by atoms with Crippen LogP contribution in [0.15, 0.2) is 4.52 Å². The van der Waals surface area contributed by atoms with Crippen LogP contribution in [-0.2, 0) is 16.3 Å². The lowest BCUT2D eigenvalue weighted by Gasteiger charge is -2.21. The van der Waals surface area contributed by atoms with E-state index in [-0.39, 0.29) is 11.7 Å². The van der Waals surface area contributed by atoms with E-state index >= 15 is 0 Å². The summed E-state index contributed by atoms with van der Waals surface area (Å²) >= 11 is 0. The van der Waals surface area contributed by atoms with Crippen LogP contribution in [0.5, 0.6) is 0 Å². The lowest BCUT2D eigenvalue weighted by atomic mass is 10.1. The van der Waals surface area contributed by atoms with Gasteiger partial charge in [-0.25, -0.2) is 8.42 Å². The van der Waals surface area contributed by atoms with Gasteiger partial charge in [-0.15, -0.1) is 0 Å². The smallest absolute Gasteiger partial charge is 0.259 e. The molecule has 1 aliphatic rings. The number of sulfone groups is 1. The average Bonchev–Trinajstić information content (AvgIpc) is 2.71. The molecule has 1 amide bonds. The molecule has 7 nitrogen and oxygen atoms in total. The number of rotatable bonds is 5. The van der Waals surface area contributed by atoms with Crippen molar-refractivity contribution in [3.05, 3.63) is 17.0 Å². The minimum atomic E-state index is -2.96. The normalized spacial score (nSPS) is 17.3. The maximum atomic E-state index is 12.7. The van der Waals surface area contributed by atoms with Gasteiger partial charge in [-0.1, -0.05) is 12.1 Å². The molecule has 0 radical (unpaired) electrons. The lowest BCUT2D eigenvalue weighted by molar-refractivity contribution is 0.0759. The Morgan fingerprint density at radius 2 is 2.00 bits per heavy atom. The third-order valence-corrected chi connectivity index (χ3v) is 5.06. The number of aromatic nitrogens is 1. The standard InChI is InChI=1S/C15H25N3O4S/c1-4-13-14(12(2)22-16-13)15(19)18-7-5-6-17(8-9-18)10-11-23(3,20)21/h4-11H2,1-3H3. The Bertz CT molecular complexity index is 654. The first kappa shape index (κ1) is 17.9. The van der Waals surface area contributed by atoms with Crippen LogP contribution in [0.4, 0.5) is 0 Å². The highest BCUT2D eigenvalue weighted by Gasteiger charge is 2.26. The van der Waals surface area contributed by atoms with Gasteiger partial charge in [0.25, 0.3) is 5.91 Å². The number of amides is 1. The van der Waals surface area contributed by atoms with Gasteiger partial charge in [0.05, 0.1) is 11.4 Å². The zero-order valence-electron chi connectivity index (χ0n) is 14.0. The molecule has 1 aromatic rings. The summed E-state index contributed by atoms with van der Waals surface area (Å²) in [5.74, 6) is 0.682. The molecule has 0 spiro atoms. The third-order valence-electron chi connectivity index (χ3n) is 4.14. The van der Waals surface area contributed by atoms with Crippen molar-refractivity contribution < 1.29 is 17.7 Å². The molecule has 23 heavy (non-hydrogen) atoms. The second-order valence-corrected chi connectivity index (χ2v) is 8.29. The van der Waals surface area contributed by atoms with Crippen LogP contribution in [0.3, 0.4) is 0 Å². The van der Waals surface area contributed by atoms with Gasteiger partial charge in [0.2, 0.25) is 0 Å². The number of hydrogen-bond acceptors (Lipinski definition) is 6. The highest BCUT2D eigenvalue weighted by molar-refractivity contribution is 7.90. The van der Waals surface area contributed by atoms with E-state index in [9.17, 15) is 13.2 Å². The van der Waals surface area contributed by atoms with Crippen LogP contribution >= 0.6 is 0 Å². The zero-order valence-corrected chi connectivity index (χ0v) is 14.9. The van der Waals surface area contributed by atoms with Crippen LogP contribution < -0.4 is 0 Å². The summed E-state index contributed by atoms with van der Waals surface area (Å²) in [6, 6.07) is 0. The summed E-state index contributed by atoms with van der Waals surface area (Å²) in [6.45, 7) is 6.99. The molecule has 0 unspecified atom stereocenters. The van der Waals surface area contributed by atoms with Crippen molar-refractivity contribution in [1.29, 1.82) is 0 Å². The Morgan fingerprint density at radius 3 is 2.65 bits per heavy atom. The lowest BCUT2D eigenvalue weighted by Crippen LogP contribution is -2.36. The van der Waals surface area contributed by atoms with E-state index in [2.05, 4.69) is 10.1 Å². The van der Waals surface area contributed by atoms with Crippen LogP contribution in [0, 0.1) is 6.92 Å². The number of aryl methyl sites for hydroxylation is 2. The molecule has 2 heterocycles. The SMILES string of the molecule is CCc1noc(C)c1C(=O)N1CCCN(CCS(C)(=O)=O)CC1. The van der Waals surface area contributed by atoms with E-state index in [4.69, 9.17) is 4.52 Å². The van der Waals surface area contributed by atoms with Gasteiger partial charge in [0.15, 0.2) is 0 Å². The maximum Gasteiger partial charge on any atom is 0.259 e. The van der Waals surface area contributed by atoms with Gasteiger partial charge >= 0.3 is 0 Å². The molecule has 0 bridgehead atoms. The Hall–Kier alpha value is -1.41. The molecule has 0 N–H and O–H groups in total. The number of carbonyl (C=O) groups excluding carboxylic acids is 1. The van der Waals surface area contributed by atoms with Crippen molar-refractivity contribution in [3.63, 3.8) is 0 Å². The van der Waals surface area contributed by atoms with Crippen LogP contribution in [-0.4, -0.2) is 74.0 Å². The van der Waals surface area contributed by atoms with E-state index in [1.54, 1.807) is 6.92 Å². The minimum Gasteiger partial charge on any atom is -0.361 e. The molecule has 8 heteroatoms. The van der Waals surface area contributed by atoms with Crippen molar-refractivity contribution in [2.24, 2.45) is 0 Å². The van der Waals surface area contributed by atoms with Gasteiger partial charge in [-0.3, -0.25) is 4.79 Å². The predicted molar refractivity (Wildman–Crippen MR) is 87.3 cm³/mol. The minimum absolute atomic E-state index is 0.0365. The summed E-state index contributed by atoms with van der Waals surface area (Å²) in [4.78, 5) is 16.7. The molecule has 1 aliphatic heterocycles. The molecule has 2 rings (SSSR count). The zero-order chi connectivity index (χ0) is 17.0. The highest BCUT2D eigenvalue weighted by Crippen LogP contribution is 2.17. The van der Waals surface area contributed by atoms with Gasteiger partial charge < -0.3 is 14.3 Å². The Morgan fingerprint density at radius 1 is 1.26 bits per heavy atom. The van der Waals surface area contributed by atoms with Crippen LogP contribution in [0.25, 0.3) is 0 Å². The van der Waals surface area contributed by atoms with E-state index in [1.807, 2.05) is 11.8 Å². The van der Waals surface area contributed by atoms with E-state index in [0.717, 1.165) is 13.0 Å². The fraction of sp³-hybridized carbons (Fsp3) is 0.733. The van der Waals surface area contributed by atoms with Crippen molar-refractivity contribution in [2.45, 2.75) is 26.7 Å². The second-order valence-electron chi connectivity index (χ2n) is 6.03. The Kier molecular flexibility index (Phi) is 5.80. The molecule has 0 saturated carbocycles. The quantitative estimate of drug-likeness (QED) is 0.784. The summed E-state index contributed by atoms with van der Waals surface area (Å²) < 4.78 is 27.7. The summed E-state index contributed by atoms with van der Waals surface area (Å²) in [5, 5.41) is 3.95. The Balaban J connectivity index is 2.00. The fourth-order valence-electron chi connectivity index (χ4n) is 2.78. The van der Waals surface area contributed by atoms with Gasteiger partial charge in [0, 0.05) is 32.4 Å². The molecular weight excluding hydrogens is 318 g/mol. The van der Waals surface area contributed by atoms with Gasteiger partial charge in [-0.05, 0) is 26.3 Å². The first-order valence-electron chi connectivity index (χ1n) is 7.96. The fourth-order valence-corrected chi connectivity index (χ4v) is 3.37. The summed E-state index contributed by atoms with van der Waals surface area (Å²) in [7, 11) is -2.96. The monoisotopic (exact) mass is 343 g/mol. The summed E-state index contributed by atoms with van der Waals surface area (Å²) in [6.07, 6.45) is 2.75. The van der Waals surface area contributed by atoms with Crippen LogP contribution in [0.2, 0.25) is 0 Å². The molecule has 0 aliphatic carbocycles. The molecule has 1 aromatic heterocycles. The van der Waals surface area contributed by atoms with Crippen molar-refractivity contribution >= 4 is 15.7 Å². The van der Waals surface area contributed by atoms with E-state index in [1.165, 1.54) is 6.26 Å². The molecule has 0 atom stereocenters. The topological polar surface area (TPSA) is 83.7 Å². The first-order valence-corrected chi connectivity index (χ1v) is 10.0. The van der Waals surface area contributed by atoms with E-state index < -0.39 is 9.84 Å². The first-order chi connectivity index (χ1) is 10.8. The van der Waals surface area contributed by atoms with E-state index in [0.29, 0.717) is 49.6 Å². The average molecular weight is 343 g/mol. The van der Waals surface area contributed by atoms with Crippen molar-refractivity contribution in [2.75, 3.05) is 44.7 Å².